The summed E-state index contributed by atoms with van der Waals surface area (Å²) in [4.78, 5) is 5.83. The Kier molecular flexibility index (Phi) is 3.71. The highest BCUT2D eigenvalue weighted by Crippen LogP contribution is 2.34. The van der Waals surface area contributed by atoms with E-state index in [1.54, 1.807) is 6.20 Å². The molecule has 0 radical (unpaired) electrons. The largest absolute Gasteiger partial charge is 0.501 e. The van der Waals surface area contributed by atoms with E-state index in [0.717, 1.165) is 6.07 Å². The van der Waals surface area contributed by atoms with E-state index in [4.69, 9.17) is 0 Å². The van der Waals surface area contributed by atoms with Gasteiger partial charge in [-0.3, -0.25) is 0 Å². The van der Waals surface area contributed by atoms with Gasteiger partial charge in [-0.05, 0) is 12.1 Å². The van der Waals surface area contributed by atoms with Crippen molar-refractivity contribution in [3.63, 3.8) is 0 Å². The Morgan fingerprint density at radius 2 is 1.95 bits per heavy atom. The molecule has 5 nitrogen and oxygen atoms in total. The predicted octanol–water partition coefficient (Wildman–Crippen LogP) is 2.32. The number of H-pyrrole nitrogens is 1. The Morgan fingerprint density at radius 3 is 2.55 bits per heavy atom. The number of imidazole rings is 1. The first-order valence-corrected chi connectivity index (χ1v) is 6.93. The van der Waals surface area contributed by atoms with Crippen LogP contribution in [0.2, 0.25) is 0 Å². The smallest absolute Gasteiger partial charge is 0.377 e. The van der Waals surface area contributed by atoms with Crippen LogP contribution in [0.4, 0.5) is 18.9 Å². The second-order valence-electron chi connectivity index (χ2n) is 3.83. The number of aromatic nitrogens is 2. The Balaban J connectivity index is 2.32. The molecule has 0 aliphatic carbocycles. The molecule has 0 aliphatic rings. The first kappa shape index (κ1) is 14.4. The highest BCUT2D eigenvalue weighted by molar-refractivity contribution is 7.92. The molecule has 0 unspecified atom stereocenters. The summed E-state index contributed by atoms with van der Waals surface area (Å²) >= 11 is 0. The van der Waals surface area contributed by atoms with E-state index in [1.165, 1.54) is 24.4 Å². The highest BCUT2D eigenvalue weighted by atomic mass is 32.2. The summed E-state index contributed by atoms with van der Waals surface area (Å²) in [6.07, 6.45) is 3.03. The van der Waals surface area contributed by atoms with Gasteiger partial charge in [-0.2, -0.15) is 13.2 Å². The number of nitrogens with zero attached hydrogens (tertiary/aromatic N) is 1. The molecule has 0 bridgehead atoms. The molecule has 0 atom stereocenters. The molecule has 1 heterocycles. The van der Waals surface area contributed by atoms with E-state index in [2.05, 4.69) is 15.3 Å². The molecular formula is C11H10F3N3O2S. The maximum absolute atomic E-state index is 12.6. The van der Waals surface area contributed by atoms with Crippen LogP contribution < -0.4 is 5.32 Å². The molecule has 9 heteroatoms. The predicted molar refractivity (Wildman–Crippen MR) is 65.6 cm³/mol. The number of sulfone groups is 1. The van der Waals surface area contributed by atoms with Crippen LogP contribution in [-0.2, 0) is 16.4 Å². The van der Waals surface area contributed by atoms with Crippen LogP contribution in [0.1, 0.15) is 5.82 Å². The van der Waals surface area contributed by atoms with Crippen LogP contribution >= 0.6 is 0 Å². The van der Waals surface area contributed by atoms with Gasteiger partial charge in [0.25, 0.3) is 9.84 Å². The first-order chi connectivity index (χ1) is 9.32. The third-order valence-corrected chi connectivity index (χ3v) is 4.03. The number of nitrogens with one attached hydrogen (secondary N) is 2. The van der Waals surface area contributed by atoms with Gasteiger partial charge in [0.15, 0.2) is 0 Å². The molecule has 0 spiro atoms. The fourth-order valence-electron chi connectivity index (χ4n) is 1.55. The molecule has 0 saturated heterocycles. The standard InChI is InChI=1S/C11H10F3N3O2S/c12-11(13,14)20(18,19)9-4-2-1-3-8(9)17-7-10-15-5-6-16-10/h1-6,17H,7H2,(H,15,16). The summed E-state index contributed by atoms with van der Waals surface area (Å²) in [6.45, 7) is 0.0807. The van der Waals surface area contributed by atoms with Gasteiger partial charge in [0.05, 0.1) is 17.1 Å². The average Bonchev–Trinajstić information content (AvgIpc) is 2.88. The quantitative estimate of drug-likeness (QED) is 0.909. The number of para-hydroxylation sites is 1. The summed E-state index contributed by atoms with van der Waals surface area (Å²) in [7, 11) is -5.39. The molecular weight excluding hydrogens is 295 g/mol. The summed E-state index contributed by atoms with van der Waals surface area (Å²) in [6, 6.07) is 4.85. The van der Waals surface area contributed by atoms with Crippen molar-refractivity contribution >= 4 is 15.5 Å². The van der Waals surface area contributed by atoms with Crippen molar-refractivity contribution in [1.82, 2.24) is 9.97 Å². The molecule has 1 aromatic carbocycles. The topological polar surface area (TPSA) is 74.8 Å². The van der Waals surface area contributed by atoms with Crippen LogP contribution in [0.5, 0.6) is 0 Å². The number of aromatic amines is 1. The second-order valence-corrected chi connectivity index (χ2v) is 5.74. The van der Waals surface area contributed by atoms with Crippen LogP contribution in [-0.4, -0.2) is 23.9 Å². The Labute approximate surface area is 112 Å². The zero-order valence-corrected chi connectivity index (χ0v) is 10.8. The lowest BCUT2D eigenvalue weighted by Gasteiger charge is -2.13. The zero-order valence-electron chi connectivity index (χ0n) is 9.98. The molecule has 20 heavy (non-hydrogen) atoms. The summed E-state index contributed by atoms with van der Waals surface area (Å²) in [5, 5.41) is 2.62. The van der Waals surface area contributed by atoms with Crippen LogP contribution in [0, 0.1) is 0 Å². The van der Waals surface area contributed by atoms with E-state index in [1.807, 2.05) is 0 Å². The molecule has 1 aromatic heterocycles. The van der Waals surface area contributed by atoms with Crippen LogP contribution in [0.25, 0.3) is 0 Å². The number of rotatable bonds is 4. The Hall–Kier alpha value is -2.03. The van der Waals surface area contributed by atoms with Gasteiger partial charge in [-0.1, -0.05) is 12.1 Å². The lowest BCUT2D eigenvalue weighted by Crippen LogP contribution is -2.24. The van der Waals surface area contributed by atoms with E-state index in [0.29, 0.717) is 5.82 Å². The van der Waals surface area contributed by atoms with Gasteiger partial charge >= 0.3 is 5.51 Å². The lowest BCUT2D eigenvalue weighted by molar-refractivity contribution is -0.0435. The third-order valence-electron chi connectivity index (χ3n) is 2.48. The van der Waals surface area contributed by atoms with Gasteiger partial charge in [-0.15, -0.1) is 0 Å². The normalized spacial score (nSPS) is 12.3. The van der Waals surface area contributed by atoms with Crippen molar-refractivity contribution in [1.29, 1.82) is 0 Å². The minimum absolute atomic E-state index is 0.0807. The maximum atomic E-state index is 12.6. The molecule has 2 aromatic rings. The first-order valence-electron chi connectivity index (χ1n) is 5.45. The molecule has 0 saturated carbocycles. The van der Waals surface area contributed by atoms with Crippen molar-refractivity contribution in [2.45, 2.75) is 16.9 Å². The fraction of sp³-hybridized carbons (Fsp3) is 0.182. The Bertz CT molecular complexity index is 681. The molecule has 0 fully saturated rings. The molecule has 2 N–H and O–H groups in total. The fourth-order valence-corrected chi connectivity index (χ4v) is 2.48. The molecule has 2 rings (SSSR count). The monoisotopic (exact) mass is 305 g/mol. The number of benzene rings is 1. The van der Waals surface area contributed by atoms with E-state index < -0.39 is 20.2 Å². The second kappa shape index (κ2) is 5.16. The van der Waals surface area contributed by atoms with Gasteiger partial charge in [0, 0.05) is 12.4 Å². The van der Waals surface area contributed by atoms with Crippen molar-refractivity contribution in [2.24, 2.45) is 0 Å². The van der Waals surface area contributed by atoms with Gasteiger partial charge < -0.3 is 10.3 Å². The summed E-state index contributed by atoms with van der Waals surface area (Å²) < 4.78 is 60.6. The summed E-state index contributed by atoms with van der Waals surface area (Å²) in [5.41, 5.74) is -5.46. The lowest BCUT2D eigenvalue weighted by atomic mass is 10.3. The van der Waals surface area contributed by atoms with Crippen molar-refractivity contribution in [3.8, 4) is 0 Å². The number of hydrogen-bond donors (Lipinski definition) is 2. The van der Waals surface area contributed by atoms with Crippen LogP contribution in [0.3, 0.4) is 0 Å². The average molecular weight is 305 g/mol. The minimum atomic E-state index is -5.39. The number of alkyl halides is 3. The Morgan fingerprint density at radius 1 is 1.25 bits per heavy atom. The number of halogens is 3. The summed E-state index contributed by atoms with van der Waals surface area (Å²) in [5.74, 6) is 0.476. The maximum Gasteiger partial charge on any atom is 0.501 e. The molecule has 0 amide bonds. The van der Waals surface area contributed by atoms with Crippen LogP contribution in [0.15, 0.2) is 41.6 Å². The molecule has 108 valence electrons. The van der Waals surface area contributed by atoms with Crippen molar-refractivity contribution in [2.75, 3.05) is 5.32 Å². The van der Waals surface area contributed by atoms with Gasteiger partial charge in [0.1, 0.15) is 5.82 Å². The van der Waals surface area contributed by atoms with Crippen molar-refractivity contribution in [3.05, 3.63) is 42.5 Å². The van der Waals surface area contributed by atoms with Gasteiger partial charge in [-0.25, -0.2) is 13.4 Å². The van der Waals surface area contributed by atoms with Gasteiger partial charge in [0.2, 0.25) is 0 Å². The zero-order chi connectivity index (χ0) is 14.8. The number of hydrogen-bond acceptors (Lipinski definition) is 4. The van der Waals surface area contributed by atoms with E-state index in [9.17, 15) is 21.6 Å². The number of anilines is 1. The van der Waals surface area contributed by atoms with E-state index >= 15 is 0 Å². The van der Waals surface area contributed by atoms with E-state index in [-0.39, 0.29) is 12.2 Å². The van der Waals surface area contributed by atoms with Crippen molar-refractivity contribution < 1.29 is 21.6 Å². The molecule has 0 aliphatic heterocycles. The highest BCUT2D eigenvalue weighted by Gasteiger charge is 2.47. The third kappa shape index (κ3) is 2.77. The SMILES string of the molecule is O=S(=O)(c1ccccc1NCc1ncc[nH]1)C(F)(F)F. The minimum Gasteiger partial charge on any atom is -0.377 e.